The molecule has 16 heavy (non-hydrogen) atoms. The van der Waals surface area contributed by atoms with Gasteiger partial charge in [-0.3, -0.25) is 0 Å². The number of hydrogen-bond acceptors (Lipinski definition) is 3. The van der Waals surface area contributed by atoms with Gasteiger partial charge in [-0.15, -0.1) is 22.7 Å². The molecular formula is C13H7NS2. The fourth-order valence-corrected chi connectivity index (χ4v) is 4.01. The molecule has 2 aliphatic rings. The first-order chi connectivity index (χ1) is 7.93. The van der Waals surface area contributed by atoms with Gasteiger partial charge in [-0.25, -0.2) is 4.98 Å². The van der Waals surface area contributed by atoms with E-state index in [-0.39, 0.29) is 0 Å². The maximum absolute atomic E-state index is 4.73. The second-order valence-electron chi connectivity index (χ2n) is 3.75. The maximum Gasteiger partial charge on any atom is 0.0886 e. The number of para-hydroxylation sites is 1. The van der Waals surface area contributed by atoms with Crippen molar-refractivity contribution in [2.75, 3.05) is 0 Å². The van der Waals surface area contributed by atoms with E-state index in [1.807, 2.05) is 17.4 Å². The molecule has 0 spiro atoms. The van der Waals surface area contributed by atoms with E-state index in [9.17, 15) is 0 Å². The summed E-state index contributed by atoms with van der Waals surface area (Å²) in [5.74, 6) is 0. The summed E-state index contributed by atoms with van der Waals surface area (Å²) >= 11 is 3.60. The molecule has 1 nitrogen and oxygen atoms in total. The van der Waals surface area contributed by atoms with Gasteiger partial charge in [0.05, 0.1) is 15.2 Å². The van der Waals surface area contributed by atoms with Crippen molar-refractivity contribution in [3.05, 3.63) is 41.1 Å². The first-order valence-electron chi connectivity index (χ1n) is 5.06. The highest BCUT2D eigenvalue weighted by molar-refractivity contribution is 7.36. The average molecular weight is 241 g/mol. The summed E-state index contributed by atoms with van der Waals surface area (Å²) in [5.41, 5.74) is 3.53. The molecule has 3 heteroatoms. The van der Waals surface area contributed by atoms with E-state index in [1.54, 1.807) is 11.3 Å². The number of nitrogens with zero attached hydrogens (tertiary/aromatic N) is 1. The fraction of sp³-hybridized carbons (Fsp3) is 0. The molecule has 0 N–H and O–H groups in total. The van der Waals surface area contributed by atoms with Crippen LogP contribution in [0.15, 0.2) is 41.1 Å². The van der Waals surface area contributed by atoms with Gasteiger partial charge in [0.2, 0.25) is 0 Å². The Kier molecular flexibility index (Phi) is 1.64. The van der Waals surface area contributed by atoms with Crippen LogP contribution in [-0.2, 0) is 0 Å². The van der Waals surface area contributed by atoms with Crippen LogP contribution in [0.2, 0.25) is 0 Å². The van der Waals surface area contributed by atoms with Gasteiger partial charge in [-0.2, -0.15) is 0 Å². The van der Waals surface area contributed by atoms with Gasteiger partial charge in [0, 0.05) is 21.7 Å². The van der Waals surface area contributed by atoms with Crippen molar-refractivity contribution in [2.45, 2.75) is 0 Å². The van der Waals surface area contributed by atoms with E-state index in [1.165, 1.54) is 20.3 Å². The number of thiophene rings is 1. The van der Waals surface area contributed by atoms with E-state index in [2.05, 4.69) is 35.0 Å². The molecule has 0 radical (unpaired) electrons. The third-order valence-corrected chi connectivity index (χ3v) is 4.92. The van der Waals surface area contributed by atoms with Gasteiger partial charge in [-0.1, -0.05) is 18.2 Å². The molecule has 1 aromatic heterocycles. The first-order valence-corrected chi connectivity index (χ1v) is 6.82. The Balaban J connectivity index is 2.31. The summed E-state index contributed by atoms with van der Waals surface area (Å²) in [6, 6.07) is 10.5. The van der Waals surface area contributed by atoms with Crippen LogP contribution in [0.25, 0.3) is 31.6 Å². The Bertz CT molecular complexity index is 766. The van der Waals surface area contributed by atoms with Crippen molar-refractivity contribution >= 4 is 43.0 Å². The monoisotopic (exact) mass is 241 g/mol. The van der Waals surface area contributed by atoms with Crippen molar-refractivity contribution in [1.82, 2.24) is 4.98 Å². The Morgan fingerprint density at radius 3 is 2.88 bits per heavy atom. The summed E-state index contributed by atoms with van der Waals surface area (Å²) in [7, 11) is 0. The summed E-state index contributed by atoms with van der Waals surface area (Å²) < 4.78 is 1.36. The van der Waals surface area contributed by atoms with Crippen molar-refractivity contribution < 1.29 is 0 Å². The van der Waals surface area contributed by atoms with Gasteiger partial charge in [0.25, 0.3) is 0 Å². The predicted octanol–water partition coefficient (Wildman–Crippen LogP) is 4.62. The standard InChI is InChI=1S/C13H7NS2/c1-2-4-11-8(3-1)10-7-16-13-9(5-6-15-13)12(10)14-11/h1-7H. The molecule has 0 bridgehead atoms. The van der Waals surface area contributed by atoms with E-state index < -0.39 is 0 Å². The lowest BCUT2D eigenvalue weighted by molar-refractivity contribution is 1.50. The lowest BCUT2D eigenvalue weighted by Crippen LogP contribution is -1.74. The molecular weight excluding hydrogens is 234 g/mol. The molecule has 2 aromatic rings. The minimum atomic E-state index is 1.10. The molecule has 1 aromatic carbocycles. The number of benzene rings is 1. The van der Waals surface area contributed by atoms with Crippen LogP contribution in [0, 0.1) is 0 Å². The molecule has 3 heterocycles. The zero-order valence-corrected chi connectivity index (χ0v) is 9.94. The smallest absolute Gasteiger partial charge is 0.0886 e. The highest BCUT2D eigenvalue weighted by Crippen LogP contribution is 2.40. The SMILES string of the molecule is c1ccc2c3csc4sccc4c-3nc2c1. The van der Waals surface area contributed by atoms with Crippen LogP contribution >= 0.6 is 22.7 Å². The third-order valence-electron chi connectivity index (χ3n) is 2.85. The highest BCUT2D eigenvalue weighted by atomic mass is 32.2. The van der Waals surface area contributed by atoms with Crippen LogP contribution < -0.4 is 0 Å². The summed E-state index contributed by atoms with van der Waals surface area (Å²) in [6.45, 7) is 0. The van der Waals surface area contributed by atoms with Gasteiger partial charge in [0.1, 0.15) is 0 Å². The topological polar surface area (TPSA) is 12.9 Å². The second kappa shape index (κ2) is 3.03. The van der Waals surface area contributed by atoms with Crippen LogP contribution in [0.5, 0.6) is 0 Å². The molecule has 0 aliphatic carbocycles. The van der Waals surface area contributed by atoms with Gasteiger partial charge < -0.3 is 0 Å². The van der Waals surface area contributed by atoms with Gasteiger partial charge >= 0.3 is 0 Å². The van der Waals surface area contributed by atoms with Crippen molar-refractivity contribution in [3.63, 3.8) is 0 Å². The highest BCUT2D eigenvalue weighted by Gasteiger charge is 2.15. The zero-order chi connectivity index (χ0) is 10.5. The quantitative estimate of drug-likeness (QED) is 0.438. The fourth-order valence-electron chi connectivity index (χ4n) is 2.11. The van der Waals surface area contributed by atoms with Crippen LogP contribution in [0.4, 0.5) is 0 Å². The van der Waals surface area contributed by atoms with Gasteiger partial charge in [0.15, 0.2) is 0 Å². The van der Waals surface area contributed by atoms with Crippen LogP contribution in [-0.4, -0.2) is 4.98 Å². The lowest BCUT2D eigenvalue weighted by Gasteiger charge is -1.97. The van der Waals surface area contributed by atoms with E-state index >= 15 is 0 Å². The van der Waals surface area contributed by atoms with Crippen LogP contribution in [0.1, 0.15) is 0 Å². The second-order valence-corrected chi connectivity index (χ2v) is 5.80. The van der Waals surface area contributed by atoms with Crippen molar-refractivity contribution in [2.24, 2.45) is 0 Å². The summed E-state index contributed by atoms with van der Waals surface area (Å²) in [6.07, 6.45) is 0. The normalized spacial score (nSPS) is 11.8. The van der Waals surface area contributed by atoms with Crippen molar-refractivity contribution in [1.29, 1.82) is 0 Å². The van der Waals surface area contributed by atoms with Gasteiger partial charge in [-0.05, 0) is 17.5 Å². The summed E-state index contributed by atoms with van der Waals surface area (Å²) in [4.78, 5) is 4.73. The number of hydrogen-bond donors (Lipinski definition) is 0. The number of fused-ring (bicyclic) bond motifs is 5. The van der Waals surface area contributed by atoms with Crippen molar-refractivity contribution in [3.8, 4) is 11.3 Å². The average Bonchev–Trinajstić information content (AvgIpc) is 2.92. The largest absolute Gasteiger partial charge is 0.247 e. The minimum Gasteiger partial charge on any atom is -0.247 e. The molecule has 0 saturated heterocycles. The first kappa shape index (κ1) is 8.67. The maximum atomic E-state index is 4.73. The van der Waals surface area contributed by atoms with E-state index in [0.717, 1.165) is 11.2 Å². The van der Waals surface area contributed by atoms with E-state index in [4.69, 9.17) is 4.98 Å². The van der Waals surface area contributed by atoms with E-state index in [0.29, 0.717) is 0 Å². The molecule has 2 aliphatic heterocycles. The molecule has 0 atom stereocenters. The molecule has 0 amide bonds. The Hall–Kier alpha value is -1.45. The number of rotatable bonds is 0. The molecule has 0 saturated carbocycles. The molecule has 76 valence electrons. The molecule has 4 rings (SSSR count). The Morgan fingerprint density at radius 1 is 0.938 bits per heavy atom. The number of aromatic nitrogens is 1. The molecule has 0 unspecified atom stereocenters. The molecule has 0 fully saturated rings. The van der Waals surface area contributed by atoms with Crippen LogP contribution in [0.3, 0.4) is 0 Å². The lowest BCUT2D eigenvalue weighted by atomic mass is 10.1. The Labute approximate surface area is 100 Å². The predicted molar refractivity (Wildman–Crippen MR) is 71.6 cm³/mol. The zero-order valence-electron chi connectivity index (χ0n) is 8.31. The summed E-state index contributed by atoms with van der Waals surface area (Å²) in [5, 5.41) is 6.93. The minimum absolute atomic E-state index is 1.10. The Morgan fingerprint density at radius 2 is 1.88 bits per heavy atom. The third kappa shape index (κ3) is 1.02.